The van der Waals surface area contributed by atoms with Gasteiger partial charge in [-0.2, -0.15) is 4.98 Å². The molecule has 1 aromatic rings. The third kappa shape index (κ3) is 2.84. The molecule has 0 atom stereocenters. The molecule has 0 spiro atoms. The Labute approximate surface area is 97.5 Å². The van der Waals surface area contributed by atoms with Gasteiger partial charge in [-0.05, 0) is 13.3 Å². The molecule has 4 heteroatoms. The zero-order valence-corrected chi connectivity index (χ0v) is 10.8. The first-order valence-electron chi connectivity index (χ1n) is 5.79. The topological polar surface area (TPSA) is 47.0 Å². The SMILES string of the molecule is CCCOc1nc(C(C)C)nc(NC)c1C. The Balaban J connectivity index is 3.08. The number of hydrogen-bond donors (Lipinski definition) is 1. The Kier molecular flexibility index (Phi) is 4.52. The van der Waals surface area contributed by atoms with E-state index in [0.29, 0.717) is 18.4 Å². The van der Waals surface area contributed by atoms with Crippen LogP contribution in [-0.4, -0.2) is 23.6 Å². The first-order chi connectivity index (χ1) is 7.60. The lowest BCUT2D eigenvalue weighted by molar-refractivity contribution is 0.301. The summed E-state index contributed by atoms with van der Waals surface area (Å²) in [5, 5.41) is 3.08. The fourth-order valence-electron chi connectivity index (χ4n) is 1.35. The van der Waals surface area contributed by atoms with E-state index < -0.39 is 0 Å². The summed E-state index contributed by atoms with van der Waals surface area (Å²) in [7, 11) is 1.86. The molecule has 0 aliphatic carbocycles. The molecule has 4 nitrogen and oxygen atoms in total. The van der Waals surface area contributed by atoms with Crippen LogP contribution in [0.4, 0.5) is 5.82 Å². The molecule has 0 bridgehead atoms. The molecule has 16 heavy (non-hydrogen) atoms. The molecule has 0 unspecified atom stereocenters. The Morgan fingerprint density at radius 3 is 2.50 bits per heavy atom. The molecule has 0 saturated carbocycles. The molecule has 0 aliphatic heterocycles. The monoisotopic (exact) mass is 223 g/mol. The first-order valence-corrected chi connectivity index (χ1v) is 5.79. The number of nitrogens with zero attached hydrogens (tertiary/aromatic N) is 2. The molecule has 0 radical (unpaired) electrons. The summed E-state index contributed by atoms with van der Waals surface area (Å²) >= 11 is 0. The summed E-state index contributed by atoms with van der Waals surface area (Å²) in [6.07, 6.45) is 0.981. The zero-order valence-electron chi connectivity index (χ0n) is 10.8. The maximum absolute atomic E-state index is 5.63. The average Bonchev–Trinajstić information content (AvgIpc) is 2.27. The van der Waals surface area contributed by atoms with E-state index in [0.717, 1.165) is 23.6 Å². The number of rotatable bonds is 5. The molecular formula is C12H21N3O. The second-order valence-corrected chi connectivity index (χ2v) is 4.11. The van der Waals surface area contributed by atoms with Crippen LogP contribution in [0.3, 0.4) is 0 Å². The van der Waals surface area contributed by atoms with Crippen molar-refractivity contribution in [1.82, 2.24) is 9.97 Å². The molecule has 1 N–H and O–H groups in total. The summed E-state index contributed by atoms with van der Waals surface area (Å²) in [5.41, 5.74) is 0.973. The van der Waals surface area contributed by atoms with Gasteiger partial charge in [0, 0.05) is 13.0 Å². The van der Waals surface area contributed by atoms with Gasteiger partial charge in [-0.25, -0.2) is 4.98 Å². The second-order valence-electron chi connectivity index (χ2n) is 4.11. The van der Waals surface area contributed by atoms with Crippen LogP contribution in [0.2, 0.25) is 0 Å². The van der Waals surface area contributed by atoms with Gasteiger partial charge in [0.1, 0.15) is 11.6 Å². The van der Waals surface area contributed by atoms with Crippen LogP contribution in [-0.2, 0) is 0 Å². The van der Waals surface area contributed by atoms with Gasteiger partial charge in [0.2, 0.25) is 5.88 Å². The van der Waals surface area contributed by atoms with Crippen LogP contribution in [0.5, 0.6) is 5.88 Å². The van der Waals surface area contributed by atoms with Crippen molar-refractivity contribution in [2.45, 2.75) is 40.0 Å². The van der Waals surface area contributed by atoms with E-state index in [9.17, 15) is 0 Å². The first kappa shape index (κ1) is 12.7. The van der Waals surface area contributed by atoms with Gasteiger partial charge in [-0.15, -0.1) is 0 Å². The van der Waals surface area contributed by atoms with Crippen LogP contribution < -0.4 is 10.1 Å². The van der Waals surface area contributed by atoms with Crippen molar-refractivity contribution < 1.29 is 4.74 Å². The molecular weight excluding hydrogens is 202 g/mol. The second kappa shape index (κ2) is 5.68. The highest BCUT2D eigenvalue weighted by atomic mass is 16.5. The van der Waals surface area contributed by atoms with Gasteiger partial charge in [-0.3, -0.25) is 0 Å². The molecule has 0 aromatic carbocycles. The Bertz CT molecular complexity index is 350. The summed E-state index contributed by atoms with van der Waals surface area (Å²) in [5.74, 6) is 2.67. The van der Waals surface area contributed by atoms with Crippen LogP contribution >= 0.6 is 0 Å². The molecule has 1 aromatic heterocycles. The van der Waals surface area contributed by atoms with Crippen LogP contribution in [0, 0.1) is 6.92 Å². The van der Waals surface area contributed by atoms with Gasteiger partial charge in [0.05, 0.1) is 12.2 Å². The lowest BCUT2D eigenvalue weighted by atomic mass is 10.2. The van der Waals surface area contributed by atoms with E-state index in [2.05, 4.69) is 36.1 Å². The van der Waals surface area contributed by atoms with Crippen molar-refractivity contribution in [2.24, 2.45) is 0 Å². The van der Waals surface area contributed by atoms with Crippen molar-refractivity contribution in [3.05, 3.63) is 11.4 Å². The van der Waals surface area contributed by atoms with Gasteiger partial charge in [0.25, 0.3) is 0 Å². The van der Waals surface area contributed by atoms with E-state index in [-0.39, 0.29) is 0 Å². The third-order valence-electron chi connectivity index (χ3n) is 2.31. The highest BCUT2D eigenvalue weighted by molar-refractivity contribution is 5.48. The lowest BCUT2D eigenvalue weighted by Crippen LogP contribution is -2.08. The maximum Gasteiger partial charge on any atom is 0.221 e. The fraction of sp³-hybridized carbons (Fsp3) is 0.667. The van der Waals surface area contributed by atoms with E-state index in [1.165, 1.54) is 0 Å². The fourth-order valence-corrected chi connectivity index (χ4v) is 1.35. The van der Waals surface area contributed by atoms with Gasteiger partial charge < -0.3 is 10.1 Å². The van der Waals surface area contributed by atoms with Crippen molar-refractivity contribution in [3.8, 4) is 5.88 Å². The summed E-state index contributed by atoms with van der Waals surface area (Å²) in [6, 6.07) is 0. The Hall–Kier alpha value is -1.32. The molecule has 0 amide bonds. The average molecular weight is 223 g/mol. The lowest BCUT2D eigenvalue weighted by Gasteiger charge is -2.13. The largest absolute Gasteiger partial charge is 0.477 e. The summed E-state index contributed by atoms with van der Waals surface area (Å²) < 4.78 is 5.63. The number of hydrogen-bond acceptors (Lipinski definition) is 4. The molecule has 0 aliphatic rings. The van der Waals surface area contributed by atoms with E-state index in [1.54, 1.807) is 0 Å². The highest BCUT2D eigenvalue weighted by Gasteiger charge is 2.12. The van der Waals surface area contributed by atoms with Crippen molar-refractivity contribution in [3.63, 3.8) is 0 Å². The summed E-state index contributed by atoms with van der Waals surface area (Å²) in [6.45, 7) is 8.90. The standard InChI is InChI=1S/C12H21N3O/c1-6-7-16-12-9(4)11(13-5)14-10(15-12)8(2)3/h8H,6-7H2,1-5H3,(H,13,14,15). The van der Waals surface area contributed by atoms with Crippen LogP contribution in [0.25, 0.3) is 0 Å². The quantitative estimate of drug-likeness (QED) is 0.833. The number of ether oxygens (including phenoxy) is 1. The highest BCUT2D eigenvalue weighted by Crippen LogP contribution is 2.24. The number of aromatic nitrogens is 2. The van der Waals surface area contributed by atoms with E-state index >= 15 is 0 Å². The summed E-state index contributed by atoms with van der Waals surface area (Å²) in [4.78, 5) is 8.90. The van der Waals surface area contributed by atoms with Gasteiger partial charge in [-0.1, -0.05) is 20.8 Å². The van der Waals surface area contributed by atoms with Crippen LogP contribution in [0.1, 0.15) is 44.5 Å². The van der Waals surface area contributed by atoms with Crippen molar-refractivity contribution in [2.75, 3.05) is 19.0 Å². The zero-order chi connectivity index (χ0) is 12.1. The Morgan fingerprint density at radius 2 is 2.00 bits per heavy atom. The smallest absolute Gasteiger partial charge is 0.221 e. The van der Waals surface area contributed by atoms with Gasteiger partial charge >= 0.3 is 0 Å². The molecule has 90 valence electrons. The maximum atomic E-state index is 5.63. The normalized spacial score (nSPS) is 10.6. The number of anilines is 1. The van der Waals surface area contributed by atoms with Crippen molar-refractivity contribution in [1.29, 1.82) is 0 Å². The third-order valence-corrected chi connectivity index (χ3v) is 2.31. The minimum atomic E-state index is 0.302. The predicted molar refractivity (Wildman–Crippen MR) is 66.2 cm³/mol. The number of nitrogens with one attached hydrogen (secondary N) is 1. The molecule has 1 heterocycles. The minimum Gasteiger partial charge on any atom is -0.477 e. The van der Waals surface area contributed by atoms with Crippen LogP contribution in [0.15, 0.2) is 0 Å². The van der Waals surface area contributed by atoms with E-state index in [4.69, 9.17) is 4.74 Å². The Morgan fingerprint density at radius 1 is 1.31 bits per heavy atom. The molecule has 0 saturated heterocycles. The van der Waals surface area contributed by atoms with E-state index in [1.807, 2.05) is 14.0 Å². The minimum absolute atomic E-state index is 0.302. The van der Waals surface area contributed by atoms with Gasteiger partial charge in [0.15, 0.2) is 0 Å². The molecule has 0 fully saturated rings. The van der Waals surface area contributed by atoms with Crippen molar-refractivity contribution >= 4 is 5.82 Å². The molecule has 1 rings (SSSR count). The predicted octanol–water partition coefficient (Wildman–Crippen LogP) is 2.74.